The standard InChI is InChI=1S/C23H20FN5O2S/c1-15-21(32-22(26-15)16-6-3-2-4-7-16)19-10-11-20(30)29(28-19)13-12-25-23(31)27-18-9-5-8-17(24)14-18/h2-11,14H,12-13H2,1H3,(H2,25,27,31). The highest BCUT2D eigenvalue weighted by atomic mass is 32.1. The number of thiazole rings is 1. The van der Waals surface area contributed by atoms with E-state index in [1.165, 1.54) is 40.3 Å². The average Bonchev–Trinajstić information content (AvgIpc) is 3.17. The molecular weight excluding hydrogens is 429 g/mol. The number of amides is 2. The van der Waals surface area contributed by atoms with Gasteiger partial charge in [-0.15, -0.1) is 11.3 Å². The highest BCUT2D eigenvalue weighted by Crippen LogP contribution is 2.33. The number of carbonyl (C=O) groups excluding carboxylic acids is 1. The van der Waals surface area contributed by atoms with Gasteiger partial charge in [0.05, 0.1) is 17.1 Å². The average molecular weight is 450 g/mol. The van der Waals surface area contributed by atoms with Crippen LogP contribution in [-0.4, -0.2) is 27.3 Å². The zero-order chi connectivity index (χ0) is 22.5. The Labute approximate surface area is 187 Å². The number of hydrogen-bond acceptors (Lipinski definition) is 5. The van der Waals surface area contributed by atoms with E-state index < -0.39 is 11.8 Å². The lowest BCUT2D eigenvalue weighted by Crippen LogP contribution is -2.34. The summed E-state index contributed by atoms with van der Waals surface area (Å²) >= 11 is 1.51. The predicted octanol–water partition coefficient (Wildman–Crippen LogP) is 4.30. The molecule has 0 fully saturated rings. The van der Waals surface area contributed by atoms with E-state index in [1.54, 1.807) is 12.1 Å². The Balaban J connectivity index is 1.44. The monoisotopic (exact) mass is 449 g/mol. The zero-order valence-electron chi connectivity index (χ0n) is 17.2. The number of aromatic nitrogens is 3. The molecule has 0 spiro atoms. The number of urea groups is 1. The highest BCUT2D eigenvalue weighted by Gasteiger charge is 2.13. The molecule has 2 N–H and O–H groups in total. The number of halogens is 1. The van der Waals surface area contributed by atoms with Gasteiger partial charge in [0.15, 0.2) is 0 Å². The summed E-state index contributed by atoms with van der Waals surface area (Å²) in [5, 5.41) is 10.5. The SMILES string of the molecule is Cc1nc(-c2ccccc2)sc1-c1ccc(=O)n(CCNC(=O)Nc2cccc(F)c2)n1. The van der Waals surface area contributed by atoms with E-state index in [4.69, 9.17) is 0 Å². The first kappa shape index (κ1) is 21.4. The van der Waals surface area contributed by atoms with Gasteiger partial charge in [-0.1, -0.05) is 36.4 Å². The molecule has 0 aliphatic carbocycles. The molecule has 4 rings (SSSR count). The summed E-state index contributed by atoms with van der Waals surface area (Å²) in [7, 11) is 0. The Kier molecular flexibility index (Phi) is 6.37. The van der Waals surface area contributed by atoms with Crippen molar-refractivity contribution in [2.24, 2.45) is 0 Å². The summed E-state index contributed by atoms with van der Waals surface area (Å²) in [6, 6.07) is 18.1. The summed E-state index contributed by atoms with van der Waals surface area (Å²) in [6.07, 6.45) is 0. The third-order valence-corrected chi connectivity index (χ3v) is 5.84. The molecule has 4 aromatic rings. The molecule has 0 saturated carbocycles. The molecule has 0 atom stereocenters. The molecule has 7 nitrogen and oxygen atoms in total. The van der Waals surface area contributed by atoms with Crippen LogP contribution in [0.4, 0.5) is 14.9 Å². The van der Waals surface area contributed by atoms with Crippen LogP contribution < -0.4 is 16.2 Å². The van der Waals surface area contributed by atoms with Crippen molar-refractivity contribution >= 4 is 23.1 Å². The van der Waals surface area contributed by atoms with Crippen LogP contribution in [0, 0.1) is 12.7 Å². The number of anilines is 1. The first-order chi connectivity index (χ1) is 15.5. The van der Waals surface area contributed by atoms with Gasteiger partial charge >= 0.3 is 6.03 Å². The maximum absolute atomic E-state index is 13.2. The molecule has 162 valence electrons. The largest absolute Gasteiger partial charge is 0.336 e. The Hall–Kier alpha value is -3.85. The van der Waals surface area contributed by atoms with Crippen LogP contribution in [-0.2, 0) is 6.54 Å². The summed E-state index contributed by atoms with van der Waals surface area (Å²) in [6.45, 7) is 2.27. The fourth-order valence-electron chi connectivity index (χ4n) is 3.09. The lowest BCUT2D eigenvalue weighted by Gasteiger charge is -2.09. The molecule has 32 heavy (non-hydrogen) atoms. The first-order valence-corrected chi connectivity index (χ1v) is 10.7. The number of benzene rings is 2. The maximum Gasteiger partial charge on any atom is 0.319 e. The van der Waals surface area contributed by atoms with Crippen molar-refractivity contribution < 1.29 is 9.18 Å². The topological polar surface area (TPSA) is 88.9 Å². The van der Waals surface area contributed by atoms with Crippen molar-refractivity contribution in [1.29, 1.82) is 0 Å². The Bertz CT molecular complexity index is 1300. The summed E-state index contributed by atoms with van der Waals surface area (Å²) in [5.41, 5.74) is 2.57. The van der Waals surface area contributed by atoms with Crippen LogP contribution >= 0.6 is 11.3 Å². The van der Waals surface area contributed by atoms with E-state index in [-0.39, 0.29) is 18.6 Å². The van der Waals surface area contributed by atoms with Crippen molar-refractivity contribution in [3.63, 3.8) is 0 Å². The summed E-state index contributed by atoms with van der Waals surface area (Å²) < 4.78 is 14.5. The van der Waals surface area contributed by atoms with Crippen LogP contribution in [0.3, 0.4) is 0 Å². The van der Waals surface area contributed by atoms with Crippen molar-refractivity contribution in [2.75, 3.05) is 11.9 Å². The number of carbonyl (C=O) groups is 1. The molecule has 0 aliphatic heterocycles. The molecule has 2 aromatic heterocycles. The second-order valence-corrected chi connectivity index (χ2v) is 7.97. The molecule has 2 aromatic carbocycles. The van der Waals surface area contributed by atoms with Crippen LogP contribution in [0.2, 0.25) is 0 Å². The number of hydrogen-bond donors (Lipinski definition) is 2. The molecule has 2 heterocycles. The van der Waals surface area contributed by atoms with E-state index in [0.29, 0.717) is 11.4 Å². The van der Waals surface area contributed by atoms with Gasteiger partial charge < -0.3 is 10.6 Å². The number of rotatable bonds is 6. The van der Waals surface area contributed by atoms with Gasteiger partial charge in [-0.3, -0.25) is 4.79 Å². The number of nitrogens with zero attached hydrogens (tertiary/aromatic N) is 3. The second kappa shape index (κ2) is 9.52. The third-order valence-electron chi connectivity index (χ3n) is 4.61. The van der Waals surface area contributed by atoms with Gasteiger partial charge in [-0.2, -0.15) is 5.10 Å². The minimum absolute atomic E-state index is 0.175. The van der Waals surface area contributed by atoms with Crippen molar-refractivity contribution in [3.8, 4) is 21.1 Å². The third kappa shape index (κ3) is 5.06. The quantitative estimate of drug-likeness (QED) is 0.459. The van der Waals surface area contributed by atoms with Gasteiger partial charge in [0.1, 0.15) is 16.5 Å². The van der Waals surface area contributed by atoms with Crippen LogP contribution in [0.5, 0.6) is 0 Å². The van der Waals surface area contributed by atoms with E-state index in [1.807, 2.05) is 37.3 Å². The zero-order valence-corrected chi connectivity index (χ0v) is 18.0. The van der Waals surface area contributed by atoms with E-state index >= 15 is 0 Å². The van der Waals surface area contributed by atoms with Gasteiger partial charge in [-0.25, -0.2) is 18.9 Å². The van der Waals surface area contributed by atoms with Gasteiger partial charge in [0, 0.05) is 23.9 Å². The smallest absolute Gasteiger partial charge is 0.319 e. The van der Waals surface area contributed by atoms with Crippen molar-refractivity contribution in [3.05, 3.63) is 88.6 Å². The van der Waals surface area contributed by atoms with Crippen molar-refractivity contribution in [1.82, 2.24) is 20.1 Å². The Morgan fingerprint density at radius 3 is 2.69 bits per heavy atom. The molecule has 0 radical (unpaired) electrons. The fraction of sp³-hybridized carbons (Fsp3) is 0.130. The first-order valence-electron chi connectivity index (χ1n) is 9.91. The van der Waals surface area contributed by atoms with Crippen LogP contribution in [0.25, 0.3) is 21.1 Å². The summed E-state index contributed by atoms with van der Waals surface area (Å²) in [5.74, 6) is -0.441. The van der Waals surface area contributed by atoms with Crippen molar-refractivity contribution in [2.45, 2.75) is 13.5 Å². The normalized spacial score (nSPS) is 10.7. The molecule has 0 saturated heterocycles. The van der Waals surface area contributed by atoms with Gasteiger partial charge in [0.2, 0.25) is 0 Å². The lowest BCUT2D eigenvalue weighted by molar-refractivity contribution is 0.251. The van der Waals surface area contributed by atoms with E-state index in [2.05, 4.69) is 20.7 Å². The molecule has 2 amide bonds. The molecular formula is C23H20FN5O2S. The molecule has 0 unspecified atom stereocenters. The van der Waals surface area contributed by atoms with Gasteiger partial charge in [-0.05, 0) is 31.2 Å². The molecule has 0 bridgehead atoms. The van der Waals surface area contributed by atoms with E-state index in [9.17, 15) is 14.0 Å². The fourth-order valence-corrected chi connectivity index (χ4v) is 4.12. The Morgan fingerprint density at radius 2 is 1.91 bits per heavy atom. The van der Waals surface area contributed by atoms with Crippen LogP contribution in [0.1, 0.15) is 5.69 Å². The minimum atomic E-state index is -0.495. The second-order valence-electron chi connectivity index (χ2n) is 6.97. The van der Waals surface area contributed by atoms with Crippen LogP contribution in [0.15, 0.2) is 71.5 Å². The van der Waals surface area contributed by atoms with Gasteiger partial charge in [0.25, 0.3) is 5.56 Å². The number of aryl methyl sites for hydroxylation is 1. The van der Waals surface area contributed by atoms with E-state index in [0.717, 1.165) is 21.1 Å². The predicted molar refractivity (Wildman–Crippen MR) is 123 cm³/mol. The summed E-state index contributed by atoms with van der Waals surface area (Å²) in [4.78, 5) is 29.8. The minimum Gasteiger partial charge on any atom is -0.336 e. The Morgan fingerprint density at radius 1 is 1.09 bits per heavy atom. The molecule has 9 heteroatoms. The lowest BCUT2D eigenvalue weighted by atomic mass is 10.2. The highest BCUT2D eigenvalue weighted by molar-refractivity contribution is 7.18. The number of nitrogens with one attached hydrogen (secondary N) is 2. The maximum atomic E-state index is 13.2. The molecule has 0 aliphatic rings.